The zero-order valence-electron chi connectivity index (χ0n) is 8.09. The van der Waals surface area contributed by atoms with Crippen molar-refractivity contribution in [2.24, 2.45) is 0 Å². The Morgan fingerprint density at radius 2 is 2.19 bits per heavy atom. The van der Waals surface area contributed by atoms with Crippen LogP contribution in [0, 0.1) is 11.3 Å². The van der Waals surface area contributed by atoms with Crippen LogP contribution >= 0.6 is 23.4 Å². The average molecular weight is 248 g/mol. The highest BCUT2D eigenvalue weighted by Crippen LogP contribution is 2.32. The first kappa shape index (κ1) is 10.9. The molecular formula is C11H6ClN3S. The number of nitrogens with zero attached hydrogens (tertiary/aromatic N) is 3. The van der Waals surface area contributed by atoms with Crippen molar-refractivity contribution in [1.29, 1.82) is 5.26 Å². The van der Waals surface area contributed by atoms with Crippen molar-refractivity contribution in [3.05, 3.63) is 47.4 Å². The SMILES string of the molecule is N#Cc1ccncc1Sc1ncccc1Cl. The topological polar surface area (TPSA) is 49.6 Å². The maximum atomic E-state index is 8.92. The van der Waals surface area contributed by atoms with E-state index in [9.17, 15) is 0 Å². The van der Waals surface area contributed by atoms with Crippen molar-refractivity contribution in [3.8, 4) is 6.07 Å². The molecule has 0 aliphatic heterocycles. The molecule has 0 N–H and O–H groups in total. The first-order chi connectivity index (χ1) is 7.81. The molecule has 0 aromatic carbocycles. The normalized spacial score (nSPS) is 9.75. The minimum atomic E-state index is 0.570. The van der Waals surface area contributed by atoms with Crippen molar-refractivity contribution < 1.29 is 0 Å². The van der Waals surface area contributed by atoms with Crippen molar-refractivity contribution in [1.82, 2.24) is 9.97 Å². The van der Waals surface area contributed by atoms with E-state index in [0.29, 0.717) is 15.6 Å². The summed E-state index contributed by atoms with van der Waals surface area (Å²) in [6.07, 6.45) is 4.88. The van der Waals surface area contributed by atoms with Crippen LogP contribution in [-0.2, 0) is 0 Å². The summed E-state index contributed by atoms with van der Waals surface area (Å²) in [6, 6.07) is 7.30. The van der Waals surface area contributed by atoms with Gasteiger partial charge < -0.3 is 0 Å². The van der Waals surface area contributed by atoms with E-state index in [1.165, 1.54) is 11.8 Å². The number of rotatable bonds is 2. The Morgan fingerprint density at radius 1 is 1.31 bits per heavy atom. The van der Waals surface area contributed by atoms with Crippen LogP contribution in [0.15, 0.2) is 46.7 Å². The molecule has 0 bridgehead atoms. The summed E-state index contributed by atoms with van der Waals surface area (Å²) in [5.41, 5.74) is 0.571. The fourth-order valence-electron chi connectivity index (χ4n) is 1.10. The van der Waals surface area contributed by atoms with E-state index in [1.54, 1.807) is 36.8 Å². The van der Waals surface area contributed by atoms with Crippen molar-refractivity contribution in [3.63, 3.8) is 0 Å². The molecule has 0 atom stereocenters. The lowest BCUT2D eigenvalue weighted by atomic mass is 10.3. The van der Waals surface area contributed by atoms with Gasteiger partial charge in [0, 0.05) is 23.5 Å². The summed E-state index contributed by atoms with van der Waals surface area (Å²) in [5.74, 6) is 0. The van der Waals surface area contributed by atoms with E-state index in [2.05, 4.69) is 16.0 Å². The largest absolute Gasteiger partial charge is 0.263 e. The molecule has 2 heterocycles. The number of hydrogen-bond acceptors (Lipinski definition) is 4. The molecule has 2 aromatic rings. The molecule has 0 aliphatic rings. The monoisotopic (exact) mass is 247 g/mol. The molecule has 78 valence electrons. The first-order valence-electron chi connectivity index (χ1n) is 4.44. The van der Waals surface area contributed by atoms with E-state index >= 15 is 0 Å². The quantitative estimate of drug-likeness (QED) is 0.818. The smallest absolute Gasteiger partial charge is 0.119 e. The molecule has 0 spiro atoms. The first-order valence-corrected chi connectivity index (χ1v) is 5.63. The molecule has 0 saturated carbocycles. The second-order valence-electron chi connectivity index (χ2n) is 2.88. The highest BCUT2D eigenvalue weighted by Gasteiger charge is 2.07. The van der Waals surface area contributed by atoms with Gasteiger partial charge >= 0.3 is 0 Å². The molecule has 0 aliphatic carbocycles. The van der Waals surface area contributed by atoms with Crippen molar-refractivity contribution in [2.45, 2.75) is 9.92 Å². The van der Waals surface area contributed by atoms with Gasteiger partial charge in [0.25, 0.3) is 0 Å². The van der Waals surface area contributed by atoms with Crippen LogP contribution in [0.3, 0.4) is 0 Å². The molecule has 0 fully saturated rings. The van der Waals surface area contributed by atoms with Gasteiger partial charge in [-0.05, 0) is 18.2 Å². The lowest BCUT2D eigenvalue weighted by molar-refractivity contribution is 1.12. The van der Waals surface area contributed by atoms with Gasteiger partial charge in [-0.2, -0.15) is 5.26 Å². The molecule has 0 unspecified atom stereocenters. The number of nitriles is 1. The van der Waals surface area contributed by atoms with Gasteiger partial charge in [-0.25, -0.2) is 4.98 Å². The summed E-state index contributed by atoms with van der Waals surface area (Å²) in [6.45, 7) is 0. The van der Waals surface area contributed by atoms with Crippen LogP contribution in [0.4, 0.5) is 0 Å². The minimum absolute atomic E-state index is 0.570. The summed E-state index contributed by atoms with van der Waals surface area (Å²) in [4.78, 5) is 8.87. The van der Waals surface area contributed by atoms with Crippen molar-refractivity contribution in [2.75, 3.05) is 0 Å². The van der Waals surface area contributed by atoms with E-state index in [1.807, 2.05) is 0 Å². The Hall–Kier alpha value is -1.57. The van der Waals surface area contributed by atoms with Crippen LogP contribution in [0.2, 0.25) is 5.02 Å². The third kappa shape index (κ3) is 2.32. The van der Waals surface area contributed by atoms with Gasteiger partial charge in [-0.3, -0.25) is 4.98 Å². The van der Waals surface area contributed by atoms with Gasteiger partial charge in [0.15, 0.2) is 0 Å². The lowest BCUT2D eigenvalue weighted by Gasteiger charge is -2.03. The average Bonchev–Trinajstić information content (AvgIpc) is 2.33. The molecule has 5 heteroatoms. The number of hydrogen-bond donors (Lipinski definition) is 0. The minimum Gasteiger partial charge on any atom is -0.263 e. The number of halogens is 1. The Balaban J connectivity index is 2.35. The van der Waals surface area contributed by atoms with Gasteiger partial charge in [0.2, 0.25) is 0 Å². The highest BCUT2D eigenvalue weighted by molar-refractivity contribution is 7.99. The summed E-state index contributed by atoms with van der Waals surface area (Å²) in [7, 11) is 0. The third-order valence-corrected chi connectivity index (χ3v) is 3.32. The van der Waals surface area contributed by atoms with Crippen molar-refractivity contribution >= 4 is 23.4 Å². The summed E-state index contributed by atoms with van der Waals surface area (Å²) >= 11 is 7.32. The predicted octanol–water partition coefficient (Wildman–Crippen LogP) is 3.15. The number of aromatic nitrogens is 2. The Labute approximate surface area is 102 Å². The molecular weight excluding hydrogens is 242 g/mol. The fraction of sp³-hybridized carbons (Fsp3) is 0. The Bertz CT molecular complexity index is 551. The van der Waals surface area contributed by atoms with Crippen LogP contribution in [0.25, 0.3) is 0 Å². The second-order valence-corrected chi connectivity index (χ2v) is 4.31. The third-order valence-electron chi connectivity index (χ3n) is 1.84. The maximum absolute atomic E-state index is 8.92. The van der Waals surface area contributed by atoms with Gasteiger partial charge in [-0.1, -0.05) is 23.4 Å². The van der Waals surface area contributed by atoms with E-state index in [4.69, 9.17) is 16.9 Å². The zero-order valence-corrected chi connectivity index (χ0v) is 9.66. The second kappa shape index (κ2) is 4.97. The molecule has 16 heavy (non-hydrogen) atoms. The van der Waals surface area contributed by atoms with Gasteiger partial charge in [0.05, 0.1) is 10.6 Å². The predicted molar refractivity (Wildman–Crippen MR) is 62.3 cm³/mol. The maximum Gasteiger partial charge on any atom is 0.119 e. The highest BCUT2D eigenvalue weighted by atomic mass is 35.5. The molecule has 0 radical (unpaired) electrons. The molecule has 2 aromatic heterocycles. The fourth-order valence-corrected chi connectivity index (χ4v) is 2.17. The van der Waals surface area contributed by atoms with Crippen LogP contribution < -0.4 is 0 Å². The Kier molecular flexibility index (Phi) is 3.40. The van der Waals surface area contributed by atoms with Crippen LogP contribution in [-0.4, -0.2) is 9.97 Å². The van der Waals surface area contributed by atoms with Gasteiger partial charge in [0.1, 0.15) is 11.1 Å². The van der Waals surface area contributed by atoms with E-state index < -0.39 is 0 Å². The Morgan fingerprint density at radius 3 is 2.94 bits per heavy atom. The van der Waals surface area contributed by atoms with Crippen LogP contribution in [0.1, 0.15) is 5.56 Å². The zero-order chi connectivity index (χ0) is 11.4. The van der Waals surface area contributed by atoms with E-state index in [0.717, 1.165) is 4.90 Å². The molecule has 3 nitrogen and oxygen atoms in total. The van der Waals surface area contributed by atoms with Gasteiger partial charge in [-0.15, -0.1) is 0 Å². The van der Waals surface area contributed by atoms with Crippen LogP contribution in [0.5, 0.6) is 0 Å². The summed E-state index contributed by atoms with van der Waals surface area (Å²) < 4.78 is 0. The molecule has 2 rings (SSSR count). The standard InChI is InChI=1S/C11H6ClN3S/c12-9-2-1-4-15-11(9)16-10-7-14-5-3-8(10)6-13/h1-5,7H. The summed E-state index contributed by atoms with van der Waals surface area (Å²) in [5, 5.41) is 10.2. The molecule has 0 saturated heterocycles. The number of pyridine rings is 2. The molecule has 0 amide bonds. The lowest BCUT2D eigenvalue weighted by Crippen LogP contribution is -1.85. The van der Waals surface area contributed by atoms with E-state index in [-0.39, 0.29) is 0 Å².